The van der Waals surface area contributed by atoms with Crippen molar-refractivity contribution in [2.24, 2.45) is 5.92 Å². The van der Waals surface area contributed by atoms with Gasteiger partial charge < -0.3 is 9.30 Å². The molecule has 0 bridgehead atoms. The second kappa shape index (κ2) is 5.74. The molecular formula is C17H15F2N3O2. The molecule has 7 heteroatoms. The van der Waals surface area contributed by atoms with Crippen LogP contribution in [0.25, 0.3) is 22.2 Å². The van der Waals surface area contributed by atoms with Gasteiger partial charge in [0.25, 0.3) is 5.56 Å². The van der Waals surface area contributed by atoms with Crippen LogP contribution < -0.4 is 10.3 Å². The van der Waals surface area contributed by atoms with E-state index in [1.165, 1.54) is 25.0 Å². The van der Waals surface area contributed by atoms with E-state index in [1.807, 2.05) is 16.8 Å². The van der Waals surface area contributed by atoms with Crippen molar-refractivity contribution in [1.82, 2.24) is 14.8 Å². The molecular weight excluding hydrogens is 316 g/mol. The molecule has 24 heavy (non-hydrogen) atoms. The van der Waals surface area contributed by atoms with Crippen LogP contribution in [0.15, 0.2) is 41.3 Å². The van der Waals surface area contributed by atoms with Gasteiger partial charge in [-0.25, -0.2) is 5.10 Å². The summed E-state index contributed by atoms with van der Waals surface area (Å²) >= 11 is 0. The minimum Gasteiger partial charge on any atom is -0.435 e. The molecule has 1 aliphatic carbocycles. The maximum atomic E-state index is 12.4. The number of nitrogens with one attached hydrogen (secondary N) is 1. The highest BCUT2D eigenvalue weighted by Gasteiger charge is 2.23. The standard InChI is InChI=1S/C17H15F2N3O2/c18-17(19)24-12-5-3-11(4-6-12)14-15-13(20-21-16(14)23)7-8-22(15)9-10-1-2-10/h3-8,10,17H,1-2,9H2,(H,21,23). The normalized spacial score (nSPS) is 14.5. The molecule has 0 unspecified atom stereocenters. The van der Waals surface area contributed by atoms with Crippen molar-refractivity contribution in [2.45, 2.75) is 26.0 Å². The Morgan fingerprint density at radius 3 is 2.67 bits per heavy atom. The van der Waals surface area contributed by atoms with Crippen molar-refractivity contribution in [3.8, 4) is 16.9 Å². The van der Waals surface area contributed by atoms with Gasteiger partial charge in [-0.3, -0.25) is 4.79 Å². The van der Waals surface area contributed by atoms with Crippen LogP contribution in [0.2, 0.25) is 0 Å². The maximum absolute atomic E-state index is 12.4. The van der Waals surface area contributed by atoms with Gasteiger partial charge in [-0.15, -0.1) is 0 Å². The molecule has 1 saturated carbocycles. The number of fused-ring (bicyclic) bond motifs is 1. The van der Waals surface area contributed by atoms with Crippen LogP contribution in [0.1, 0.15) is 12.8 Å². The summed E-state index contributed by atoms with van der Waals surface area (Å²) in [6, 6.07) is 7.94. The second-order valence-electron chi connectivity index (χ2n) is 5.98. The Hall–Kier alpha value is -2.70. The van der Waals surface area contributed by atoms with Gasteiger partial charge >= 0.3 is 6.61 Å². The molecule has 0 saturated heterocycles. The molecule has 1 N–H and O–H groups in total. The summed E-state index contributed by atoms with van der Waals surface area (Å²) in [4.78, 5) is 12.4. The first-order valence-electron chi connectivity index (χ1n) is 7.74. The average Bonchev–Trinajstić information content (AvgIpc) is 3.28. The molecule has 1 aromatic carbocycles. The summed E-state index contributed by atoms with van der Waals surface area (Å²) in [7, 11) is 0. The number of aromatic nitrogens is 3. The van der Waals surface area contributed by atoms with Crippen molar-refractivity contribution in [1.29, 1.82) is 0 Å². The van der Waals surface area contributed by atoms with E-state index in [0.717, 1.165) is 12.1 Å². The number of aromatic amines is 1. The quantitative estimate of drug-likeness (QED) is 0.779. The molecule has 0 spiro atoms. The van der Waals surface area contributed by atoms with E-state index < -0.39 is 6.61 Å². The molecule has 0 atom stereocenters. The van der Waals surface area contributed by atoms with Crippen LogP contribution in [0.4, 0.5) is 8.78 Å². The minimum atomic E-state index is -2.87. The molecule has 2 aromatic heterocycles. The first kappa shape index (κ1) is 14.9. The largest absolute Gasteiger partial charge is 0.435 e. The van der Waals surface area contributed by atoms with E-state index in [1.54, 1.807) is 12.1 Å². The maximum Gasteiger partial charge on any atom is 0.387 e. The van der Waals surface area contributed by atoms with Crippen molar-refractivity contribution in [3.05, 3.63) is 46.9 Å². The van der Waals surface area contributed by atoms with Gasteiger partial charge in [0.05, 0.1) is 11.1 Å². The van der Waals surface area contributed by atoms with E-state index in [4.69, 9.17) is 0 Å². The predicted molar refractivity (Wildman–Crippen MR) is 85.1 cm³/mol. The Labute approximate surface area is 135 Å². The van der Waals surface area contributed by atoms with Gasteiger partial charge in [0.2, 0.25) is 0 Å². The topological polar surface area (TPSA) is 59.9 Å². The lowest BCUT2D eigenvalue weighted by Gasteiger charge is -2.09. The molecule has 2 heterocycles. The Morgan fingerprint density at radius 1 is 1.25 bits per heavy atom. The molecule has 1 aliphatic rings. The predicted octanol–water partition coefficient (Wildman–Crippen LogP) is 3.40. The Morgan fingerprint density at radius 2 is 2.00 bits per heavy atom. The van der Waals surface area contributed by atoms with Gasteiger partial charge in [-0.05, 0) is 42.5 Å². The number of benzene rings is 1. The van der Waals surface area contributed by atoms with Gasteiger partial charge in [0.1, 0.15) is 11.3 Å². The van der Waals surface area contributed by atoms with E-state index in [-0.39, 0.29) is 11.3 Å². The zero-order valence-corrected chi connectivity index (χ0v) is 12.7. The molecule has 0 amide bonds. The number of H-pyrrole nitrogens is 1. The summed E-state index contributed by atoms with van der Waals surface area (Å²) in [5, 5.41) is 6.59. The number of nitrogens with zero attached hydrogens (tertiary/aromatic N) is 2. The highest BCUT2D eigenvalue weighted by atomic mass is 19.3. The minimum absolute atomic E-state index is 0.0591. The monoisotopic (exact) mass is 331 g/mol. The van der Waals surface area contributed by atoms with Crippen LogP contribution in [0.3, 0.4) is 0 Å². The first-order valence-corrected chi connectivity index (χ1v) is 7.74. The van der Waals surface area contributed by atoms with Crippen LogP contribution >= 0.6 is 0 Å². The zero-order chi connectivity index (χ0) is 16.7. The van der Waals surface area contributed by atoms with E-state index >= 15 is 0 Å². The van der Waals surface area contributed by atoms with Crippen LogP contribution in [-0.4, -0.2) is 21.4 Å². The highest BCUT2D eigenvalue weighted by molar-refractivity contribution is 5.91. The first-order chi connectivity index (χ1) is 11.6. The lowest BCUT2D eigenvalue weighted by molar-refractivity contribution is -0.0498. The van der Waals surface area contributed by atoms with E-state index in [9.17, 15) is 13.6 Å². The number of hydrogen-bond acceptors (Lipinski definition) is 3. The number of rotatable bonds is 5. The SMILES string of the molecule is O=c1[nH]nc2ccn(CC3CC3)c2c1-c1ccc(OC(F)F)cc1. The van der Waals surface area contributed by atoms with Gasteiger partial charge in [0, 0.05) is 12.7 Å². The number of ether oxygens (including phenoxy) is 1. The fraction of sp³-hybridized carbons (Fsp3) is 0.294. The third-order valence-corrected chi connectivity index (χ3v) is 4.20. The average molecular weight is 331 g/mol. The third kappa shape index (κ3) is 2.77. The molecule has 0 aliphatic heterocycles. The molecule has 124 valence electrons. The third-order valence-electron chi connectivity index (χ3n) is 4.20. The summed E-state index contributed by atoms with van der Waals surface area (Å²) in [5.74, 6) is 0.707. The number of hydrogen-bond donors (Lipinski definition) is 1. The smallest absolute Gasteiger partial charge is 0.387 e. The zero-order valence-electron chi connectivity index (χ0n) is 12.7. The fourth-order valence-corrected chi connectivity index (χ4v) is 2.90. The second-order valence-corrected chi connectivity index (χ2v) is 5.98. The van der Waals surface area contributed by atoms with Crippen molar-refractivity contribution in [2.75, 3.05) is 0 Å². The fourth-order valence-electron chi connectivity index (χ4n) is 2.90. The molecule has 4 rings (SSSR count). The van der Waals surface area contributed by atoms with Crippen LogP contribution in [0.5, 0.6) is 5.75 Å². The lowest BCUT2D eigenvalue weighted by Crippen LogP contribution is -2.13. The van der Waals surface area contributed by atoms with Gasteiger partial charge in [-0.1, -0.05) is 12.1 Å². The van der Waals surface area contributed by atoms with E-state index in [0.29, 0.717) is 22.6 Å². The van der Waals surface area contributed by atoms with Crippen molar-refractivity contribution < 1.29 is 13.5 Å². The van der Waals surface area contributed by atoms with Gasteiger partial charge in [0.15, 0.2) is 0 Å². The molecule has 0 radical (unpaired) electrons. The Balaban J connectivity index is 1.81. The summed E-state index contributed by atoms with van der Waals surface area (Å²) < 4.78 is 30.9. The summed E-state index contributed by atoms with van der Waals surface area (Å²) in [5.41, 5.74) is 2.31. The number of halogens is 2. The van der Waals surface area contributed by atoms with Crippen molar-refractivity contribution in [3.63, 3.8) is 0 Å². The van der Waals surface area contributed by atoms with E-state index in [2.05, 4.69) is 14.9 Å². The van der Waals surface area contributed by atoms with Gasteiger partial charge in [-0.2, -0.15) is 13.9 Å². The molecule has 1 fully saturated rings. The number of alkyl halides is 2. The van der Waals surface area contributed by atoms with Crippen LogP contribution in [0, 0.1) is 5.92 Å². The highest BCUT2D eigenvalue weighted by Crippen LogP contribution is 2.33. The molecule has 3 aromatic rings. The summed E-state index contributed by atoms with van der Waals surface area (Å²) in [6.07, 6.45) is 4.33. The molecule has 5 nitrogen and oxygen atoms in total. The summed E-state index contributed by atoms with van der Waals surface area (Å²) in [6.45, 7) is -2.02. The lowest BCUT2D eigenvalue weighted by atomic mass is 10.1. The van der Waals surface area contributed by atoms with Crippen LogP contribution in [-0.2, 0) is 6.54 Å². The Bertz CT molecular complexity index is 927. The Kier molecular flexibility index (Phi) is 3.55. The van der Waals surface area contributed by atoms with Crippen molar-refractivity contribution >= 4 is 11.0 Å².